The minimum atomic E-state index is -0.0359. The van der Waals surface area contributed by atoms with E-state index < -0.39 is 0 Å². The molecular formula is C17H17N3O3S2. The second-order valence-corrected chi connectivity index (χ2v) is 7.20. The maximum atomic E-state index is 9.92. The molecule has 8 heteroatoms. The third kappa shape index (κ3) is 3.75. The molecule has 0 spiro atoms. The molecule has 0 saturated carbocycles. The number of phenolic OH excluding ortho intramolecular Hbond substituents is 1. The Morgan fingerprint density at radius 3 is 2.56 bits per heavy atom. The number of nitrogens with zero attached hydrogens (tertiary/aromatic N) is 2. The van der Waals surface area contributed by atoms with Crippen LogP contribution in [0.4, 0.5) is 5.13 Å². The Bertz CT molecular complexity index is 864. The van der Waals surface area contributed by atoms with Crippen molar-refractivity contribution in [2.45, 2.75) is 6.92 Å². The molecule has 0 saturated heterocycles. The van der Waals surface area contributed by atoms with Gasteiger partial charge < -0.3 is 14.6 Å². The molecule has 130 valence electrons. The molecular weight excluding hydrogens is 358 g/mol. The second kappa shape index (κ2) is 7.54. The fourth-order valence-corrected chi connectivity index (χ4v) is 3.85. The fourth-order valence-electron chi connectivity index (χ4n) is 2.24. The van der Waals surface area contributed by atoms with Crippen molar-refractivity contribution in [2.75, 3.05) is 19.6 Å². The van der Waals surface area contributed by atoms with Gasteiger partial charge in [-0.2, -0.15) is 5.10 Å². The molecule has 0 atom stereocenters. The molecule has 0 bridgehead atoms. The fraction of sp³-hybridized carbons (Fsp3) is 0.176. The number of methoxy groups -OCH3 is 2. The van der Waals surface area contributed by atoms with E-state index in [1.54, 1.807) is 41.0 Å². The zero-order valence-corrected chi connectivity index (χ0v) is 15.6. The maximum absolute atomic E-state index is 9.92. The molecule has 0 amide bonds. The third-order valence-corrected chi connectivity index (χ3v) is 5.18. The lowest BCUT2D eigenvalue weighted by atomic mass is 10.2. The van der Waals surface area contributed by atoms with Crippen LogP contribution in [-0.4, -0.2) is 30.5 Å². The smallest absolute Gasteiger partial charge is 0.204 e. The summed E-state index contributed by atoms with van der Waals surface area (Å²) >= 11 is 3.21. The zero-order valence-electron chi connectivity index (χ0n) is 13.9. The number of hydrazone groups is 1. The zero-order chi connectivity index (χ0) is 17.8. The van der Waals surface area contributed by atoms with E-state index in [1.807, 2.05) is 18.4 Å². The minimum absolute atomic E-state index is 0.0359. The van der Waals surface area contributed by atoms with Gasteiger partial charge in [0.25, 0.3) is 0 Å². The van der Waals surface area contributed by atoms with E-state index in [2.05, 4.69) is 21.6 Å². The molecule has 2 heterocycles. The van der Waals surface area contributed by atoms with Gasteiger partial charge in [-0.3, -0.25) is 5.43 Å². The van der Waals surface area contributed by atoms with E-state index in [4.69, 9.17) is 9.47 Å². The standard InChI is InChI=1S/C17H17N3O3S2/c1-10-15(14-5-4-6-24-14)19-17(25-10)20-18-9-11-7-12(22-2)16(21)13(8-11)23-3/h4-9,21H,1-3H3,(H,19,20)/b18-9-. The van der Waals surface area contributed by atoms with Crippen LogP contribution in [0.5, 0.6) is 17.2 Å². The molecule has 3 aromatic rings. The first-order chi connectivity index (χ1) is 12.1. The van der Waals surface area contributed by atoms with Gasteiger partial charge in [0.1, 0.15) is 0 Å². The quantitative estimate of drug-likeness (QED) is 0.495. The largest absolute Gasteiger partial charge is 0.502 e. The van der Waals surface area contributed by atoms with Crippen LogP contribution in [0.25, 0.3) is 10.6 Å². The van der Waals surface area contributed by atoms with Crippen LogP contribution in [0.2, 0.25) is 0 Å². The predicted molar refractivity (Wildman–Crippen MR) is 103 cm³/mol. The number of thiophene rings is 1. The molecule has 25 heavy (non-hydrogen) atoms. The van der Waals surface area contributed by atoms with E-state index in [9.17, 15) is 5.11 Å². The summed E-state index contributed by atoms with van der Waals surface area (Å²) in [5.41, 5.74) is 4.65. The number of aryl methyl sites for hydroxylation is 1. The molecule has 3 rings (SSSR count). The highest BCUT2D eigenvalue weighted by Gasteiger charge is 2.11. The minimum Gasteiger partial charge on any atom is -0.502 e. The molecule has 0 radical (unpaired) electrons. The van der Waals surface area contributed by atoms with Crippen molar-refractivity contribution in [3.63, 3.8) is 0 Å². The van der Waals surface area contributed by atoms with E-state index >= 15 is 0 Å². The van der Waals surface area contributed by atoms with Gasteiger partial charge in [-0.1, -0.05) is 6.07 Å². The first-order valence-electron chi connectivity index (χ1n) is 7.37. The summed E-state index contributed by atoms with van der Waals surface area (Å²) in [5.74, 6) is 0.614. The molecule has 6 nitrogen and oxygen atoms in total. The Kier molecular flexibility index (Phi) is 5.20. The van der Waals surface area contributed by atoms with Gasteiger partial charge in [0, 0.05) is 10.4 Å². The number of hydrogen-bond acceptors (Lipinski definition) is 8. The van der Waals surface area contributed by atoms with Gasteiger partial charge in [0.05, 0.1) is 31.0 Å². The van der Waals surface area contributed by atoms with E-state index in [1.165, 1.54) is 14.2 Å². The number of hydrogen-bond donors (Lipinski definition) is 2. The van der Waals surface area contributed by atoms with E-state index in [0.717, 1.165) is 26.1 Å². The number of thiazole rings is 1. The van der Waals surface area contributed by atoms with Gasteiger partial charge in [-0.05, 0) is 30.5 Å². The van der Waals surface area contributed by atoms with Gasteiger partial charge in [0.15, 0.2) is 11.5 Å². The second-order valence-electron chi connectivity index (χ2n) is 5.05. The van der Waals surface area contributed by atoms with Crippen LogP contribution in [-0.2, 0) is 0 Å². The van der Waals surface area contributed by atoms with Crippen molar-refractivity contribution in [2.24, 2.45) is 5.10 Å². The lowest BCUT2D eigenvalue weighted by Crippen LogP contribution is -1.94. The summed E-state index contributed by atoms with van der Waals surface area (Å²) in [6.07, 6.45) is 1.62. The molecule has 0 aliphatic carbocycles. The van der Waals surface area contributed by atoms with Crippen molar-refractivity contribution in [1.82, 2.24) is 4.98 Å². The summed E-state index contributed by atoms with van der Waals surface area (Å²) in [4.78, 5) is 6.85. The van der Waals surface area contributed by atoms with Crippen LogP contribution in [0, 0.1) is 6.92 Å². The first-order valence-corrected chi connectivity index (χ1v) is 9.07. The highest BCUT2D eigenvalue weighted by molar-refractivity contribution is 7.17. The van der Waals surface area contributed by atoms with Crippen LogP contribution in [0.3, 0.4) is 0 Å². The Morgan fingerprint density at radius 2 is 1.96 bits per heavy atom. The van der Waals surface area contributed by atoms with Crippen molar-refractivity contribution >= 4 is 34.0 Å². The molecule has 0 unspecified atom stereocenters. The summed E-state index contributed by atoms with van der Waals surface area (Å²) < 4.78 is 10.3. The topological polar surface area (TPSA) is 76.0 Å². The van der Waals surface area contributed by atoms with Crippen molar-refractivity contribution in [3.8, 4) is 27.8 Å². The molecule has 0 aliphatic rings. The highest BCUT2D eigenvalue weighted by atomic mass is 32.1. The summed E-state index contributed by atoms with van der Waals surface area (Å²) in [5, 5.41) is 16.9. The number of benzene rings is 1. The van der Waals surface area contributed by atoms with Crippen LogP contribution in [0.1, 0.15) is 10.4 Å². The molecule has 0 fully saturated rings. The van der Waals surface area contributed by atoms with Crippen molar-refractivity contribution < 1.29 is 14.6 Å². The van der Waals surface area contributed by atoms with Crippen molar-refractivity contribution in [3.05, 3.63) is 40.1 Å². The lowest BCUT2D eigenvalue weighted by Gasteiger charge is -2.09. The number of aromatic nitrogens is 1. The molecule has 1 aromatic carbocycles. The third-order valence-electron chi connectivity index (χ3n) is 3.43. The summed E-state index contributed by atoms with van der Waals surface area (Å²) in [6.45, 7) is 2.04. The van der Waals surface area contributed by atoms with E-state index in [0.29, 0.717) is 11.5 Å². The number of nitrogens with one attached hydrogen (secondary N) is 1. The Balaban J connectivity index is 1.77. The highest BCUT2D eigenvalue weighted by Crippen LogP contribution is 2.36. The normalized spacial score (nSPS) is 11.0. The van der Waals surface area contributed by atoms with Crippen molar-refractivity contribution in [1.29, 1.82) is 0 Å². The average molecular weight is 375 g/mol. The molecule has 2 N–H and O–H groups in total. The lowest BCUT2D eigenvalue weighted by molar-refractivity contribution is 0.340. The summed E-state index contributed by atoms with van der Waals surface area (Å²) in [6, 6.07) is 7.41. The van der Waals surface area contributed by atoms with Crippen LogP contribution in [0.15, 0.2) is 34.7 Å². The number of anilines is 1. The van der Waals surface area contributed by atoms with Gasteiger partial charge in [-0.15, -0.1) is 22.7 Å². The van der Waals surface area contributed by atoms with E-state index in [-0.39, 0.29) is 5.75 Å². The number of ether oxygens (including phenoxy) is 2. The van der Waals surface area contributed by atoms with Gasteiger partial charge in [-0.25, -0.2) is 4.98 Å². The number of aromatic hydroxyl groups is 1. The maximum Gasteiger partial charge on any atom is 0.204 e. The number of rotatable bonds is 6. The Morgan fingerprint density at radius 1 is 1.24 bits per heavy atom. The van der Waals surface area contributed by atoms with Crippen LogP contribution >= 0.6 is 22.7 Å². The first kappa shape index (κ1) is 17.2. The van der Waals surface area contributed by atoms with Gasteiger partial charge in [0.2, 0.25) is 10.9 Å². The Hall–Kier alpha value is -2.58. The Labute approximate surface area is 153 Å². The molecule has 2 aromatic heterocycles. The average Bonchev–Trinajstić information content (AvgIpc) is 3.25. The predicted octanol–water partition coefficient (Wildman–Crippen LogP) is 4.35. The summed E-state index contributed by atoms with van der Waals surface area (Å²) in [7, 11) is 2.97. The molecule has 0 aliphatic heterocycles. The SMILES string of the molecule is COc1cc(/C=N\Nc2nc(-c3cccs3)c(C)s2)cc(OC)c1O. The monoisotopic (exact) mass is 375 g/mol. The van der Waals surface area contributed by atoms with Gasteiger partial charge >= 0.3 is 0 Å². The van der Waals surface area contributed by atoms with Crippen LogP contribution < -0.4 is 14.9 Å². The number of phenols is 1.